The molecule has 3 aromatic rings. The molecule has 9 heteroatoms. The number of aryl methyl sites for hydroxylation is 1. The van der Waals surface area contributed by atoms with Crippen LogP contribution in [0.1, 0.15) is 26.5 Å². The standard InChI is InChI=1S/C15H13BrN6O2/c1-8-2-3-9(16)6-10(8)22-7-18-12(14(17)23)13(22)15(24)20-11-4-5-19-21-11/h2-7H,1H3,(H2,17,23)(H2,19,20,21,24). The van der Waals surface area contributed by atoms with Gasteiger partial charge in [0.1, 0.15) is 17.8 Å². The van der Waals surface area contributed by atoms with E-state index in [0.29, 0.717) is 11.5 Å². The van der Waals surface area contributed by atoms with Crippen LogP contribution in [0.2, 0.25) is 0 Å². The average molecular weight is 389 g/mol. The van der Waals surface area contributed by atoms with Crippen LogP contribution in [0.5, 0.6) is 0 Å². The van der Waals surface area contributed by atoms with Crippen LogP contribution in [-0.4, -0.2) is 31.6 Å². The lowest BCUT2D eigenvalue weighted by molar-refractivity contribution is 0.0971. The molecular weight excluding hydrogens is 376 g/mol. The van der Waals surface area contributed by atoms with E-state index in [9.17, 15) is 9.59 Å². The highest BCUT2D eigenvalue weighted by molar-refractivity contribution is 9.10. The summed E-state index contributed by atoms with van der Waals surface area (Å²) in [6.07, 6.45) is 2.90. The van der Waals surface area contributed by atoms with Crippen LogP contribution in [0, 0.1) is 6.92 Å². The van der Waals surface area contributed by atoms with Crippen LogP contribution in [0.15, 0.2) is 41.3 Å². The van der Waals surface area contributed by atoms with Gasteiger partial charge in [-0.05, 0) is 24.6 Å². The summed E-state index contributed by atoms with van der Waals surface area (Å²) in [7, 11) is 0. The number of anilines is 1. The Bertz CT molecular complexity index is 916. The first-order chi connectivity index (χ1) is 11.5. The number of nitrogens with two attached hydrogens (primary N) is 1. The van der Waals surface area contributed by atoms with E-state index in [1.807, 2.05) is 25.1 Å². The monoisotopic (exact) mass is 388 g/mol. The number of nitrogens with one attached hydrogen (secondary N) is 2. The van der Waals surface area contributed by atoms with E-state index in [4.69, 9.17) is 5.73 Å². The number of carbonyl (C=O) groups excluding carboxylic acids is 2. The molecule has 0 aliphatic carbocycles. The lowest BCUT2D eigenvalue weighted by atomic mass is 10.2. The fourth-order valence-corrected chi connectivity index (χ4v) is 2.63. The van der Waals surface area contributed by atoms with Gasteiger partial charge in [-0.3, -0.25) is 19.3 Å². The molecule has 0 radical (unpaired) electrons. The lowest BCUT2D eigenvalue weighted by Crippen LogP contribution is -2.23. The minimum Gasteiger partial charge on any atom is -0.364 e. The number of aromatic amines is 1. The van der Waals surface area contributed by atoms with Gasteiger partial charge in [0.15, 0.2) is 5.69 Å². The third-order valence-corrected chi connectivity index (χ3v) is 3.89. The minimum atomic E-state index is -0.781. The fourth-order valence-electron chi connectivity index (χ4n) is 2.28. The van der Waals surface area contributed by atoms with Crippen LogP contribution in [0.3, 0.4) is 0 Å². The van der Waals surface area contributed by atoms with Gasteiger partial charge in [0.25, 0.3) is 11.8 Å². The maximum Gasteiger partial charge on any atom is 0.276 e. The van der Waals surface area contributed by atoms with Gasteiger partial charge in [0, 0.05) is 10.5 Å². The number of halogens is 1. The Kier molecular flexibility index (Phi) is 4.17. The highest BCUT2D eigenvalue weighted by atomic mass is 79.9. The fraction of sp³-hybridized carbons (Fsp3) is 0.0667. The molecule has 0 spiro atoms. The Hall–Kier alpha value is -2.94. The normalized spacial score (nSPS) is 10.6. The molecule has 4 N–H and O–H groups in total. The topological polar surface area (TPSA) is 119 Å². The Labute approximate surface area is 145 Å². The molecule has 0 aliphatic heterocycles. The molecule has 0 saturated carbocycles. The summed E-state index contributed by atoms with van der Waals surface area (Å²) >= 11 is 3.40. The first-order valence-electron chi connectivity index (χ1n) is 6.91. The van der Waals surface area contributed by atoms with Crippen LogP contribution in [0.4, 0.5) is 5.82 Å². The summed E-state index contributed by atoms with van der Waals surface area (Å²) in [6, 6.07) is 7.19. The highest BCUT2D eigenvalue weighted by Gasteiger charge is 2.24. The molecule has 0 atom stereocenters. The predicted octanol–water partition coefficient (Wildman–Crippen LogP) is 2.02. The molecule has 24 heavy (non-hydrogen) atoms. The number of primary amides is 1. The van der Waals surface area contributed by atoms with E-state index < -0.39 is 11.8 Å². The Morgan fingerprint density at radius 3 is 2.79 bits per heavy atom. The third-order valence-electron chi connectivity index (χ3n) is 3.40. The molecule has 1 aromatic carbocycles. The maximum atomic E-state index is 12.6. The van der Waals surface area contributed by atoms with Gasteiger partial charge in [-0.15, -0.1) is 0 Å². The van der Waals surface area contributed by atoms with Crippen molar-refractivity contribution in [3.8, 4) is 5.69 Å². The van der Waals surface area contributed by atoms with Crippen LogP contribution in [0.25, 0.3) is 5.69 Å². The summed E-state index contributed by atoms with van der Waals surface area (Å²) in [5.74, 6) is -0.907. The second-order valence-corrected chi connectivity index (χ2v) is 5.95. The molecule has 0 bridgehead atoms. The minimum absolute atomic E-state index is 0.0540. The van der Waals surface area contributed by atoms with E-state index in [1.54, 1.807) is 6.07 Å². The van der Waals surface area contributed by atoms with Gasteiger partial charge in [0.05, 0.1) is 11.9 Å². The molecule has 0 saturated heterocycles. The number of hydrogen-bond donors (Lipinski definition) is 3. The van der Waals surface area contributed by atoms with E-state index in [2.05, 4.69) is 36.4 Å². The number of benzene rings is 1. The molecule has 0 fully saturated rings. The van der Waals surface area contributed by atoms with Gasteiger partial charge < -0.3 is 11.1 Å². The van der Waals surface area contributed by atoms with E-state index in [1.165, 1.54) is 17.1 Å². The molecule has 122 valence electrons. The summed E-state index contributed by atoms with van der Waals surface area (Å²) < 4.78 is 2.36. The van der Waals surface area contributed by atoms with Gasteiger partial charge in [-0.2, -0.15) is 5.10 Å². The van der Waals surface area contributed by atoms with E-state index >= 15 is 0 Å². The molecule has 0 aliphatic rings. The van der Waals surface area contributed by atoms with Gasteiger partial charge >= 0.3 is 0 Å². The zero-order valence-electron chi connectivity index (χ0n) is 12.6. The molecule has 2 amide bonds. The molecular formula is C15H13BrN6O2. The van der Waals surface area contributed by atoms with Crippen molar-refractivity contribution in [3.05, 3.63) is 58.2 Å². The predicted molar refractivity (Wildman–Crippen MR) is 91.1 cm³/mol. The number of hydrogen-bond acceptors (Lipinski definition) is 4. The first-order valence-corrected chi connectivity index (χ1v) is 7.71. The van der Waals surface area contributed by atoms with Crippen LogP contribution >= 0.6 is 15.9 Å². The number of amides is 2. The second kappa shape index (κ2) is 6.28. The largest absolute Gasteiger partial charge is 0.364 e. The van der Waals surface area contributed by atoms with Gasteiger partial charge in [-0.1, -0.05) is 22.0 Å². The lowest BCUT2D eigenvalue weighted by Gasteiger charge is -2.12. The molecule has 3 rings (SSSR count). The number of aromatic nitrogens is 4. The molecule has 2 aromatic heterocycles. The van der Waals surface area contributed by atoms with Crippen molar-refractivity contribution in [1.29, 1.82) is 0 Å². The van der Waals surface area contributed by atoms with Crippen molar-refractivity contribution in [1.82, 2.24) is 19.7 Å². The number of nitrogens with zero attached hydrogens (tertiary/aromatic N) is 3. The van der Waals surface area contributed by atoms with Crippen molar-refractivity contribution in [2.24, 2.45) is 5.73 Å². The molecule has 0 unspecified atom stereocenters. The Morgan fingerprint density at radius 1 is 1.33 bits per heavy atom. The van der Waals surface area contributed by atoms with Crippen LogP contribution < -0.4 is 11.1 Å². The summed E-state index contributed by atoms with van der Waals surface area (Å²) in [4.78, 5) is 28.3. The zero-order chi connectivity index (χ0) is 17.3. The van der Waals surface area contributed by atoms with Crippen LogP contribution in [-0.2, 0) is 0 Å². The third kappa shape index (κ3) is 2.93. The Morgan fingerprint density at radius 2 is 2.12 bits per heavy atom. The number of carbonyl (C=O) groups is 2. The summed E-state index contributed by atoms with van der Waals surface area (Å²) in [6.45, 7) is 1.89. The number of imidazole rings is 1. The van der Waals surface area contributed by atoms with Gasteiger partial charge in [0.2, 0.25) is 0 Å². The summed E-state index contributed by atoms with van der Waals surface area (Å²) in [5.41, 5.74) is 6.92. The number of rotatable bonds is 4. The smallest absolute Gasteiger partial charge is 0.276 e. The highest BCUT2D eigenvalue weighted by Crippen LogP contribution is 2.23. The number of H-pyrrole nitrogens is 1. The van der Waals surface area contributed by atoms with Gasteiger partial charge in [-0.25, -0.2) is 4.98 Å². The quantitative estimate of drug-likeness (QED) is 0.633. The van der Waals surface area contributed by atoms with Crippen molar-refractivity contribution < 1.29 is 9.59 Å². The first kappa shape index (κ1) is 15.9. The maximum absolute atomic E-state index is 12.6. The van der Waals surface area contributed by atoms with E-state index in [0.717, 1.165) is 10.0 Å². The molecule has 2 heterocycles. The second-order valence-electron chi connectivity index (χ2n) is 5.03. The summed E-state index contributed by atoms with van der Waals surface area (Å²) in [5, 5.41) is 9.01. The average Bonchev–Trinajstić information content (AvgIpc) is 3.18. The zero-order valence-corrected chi connectivity index (χ0v) is 14.2. The van der Waals surface area contributed by atoms with Crippen molar-refractivity contribution in [2.45, 2.75) is 6.92 Å². The van der Waals surface area contributed by atoms with Crippen molar-refractivity contribution >= 4 is 33.6 Å². The SMILES string of the molecule is Cc1ccc(Br)cc1-n1cnc(C(N)=O)c1C(=O)Nc1ccn[nH]1. The van der Waals surface area contributed by atoms with E-state index in [-0.39, 0.29) is 11.4 Å². The Balaban J connectivity index is 2.12. The molecule has 8 nitrogen and oxygen atoms in total. The van der Waals surface area contributed by atoms with Crippen molar-refractivity contribution in [2.75, 3.05) is 5.32 Å². The van der Waals surface area contributed by atoms with Crippen molar-refractivity contribution in [3.63, 3.8) is 0 Å².